The first-order valence-corrected chi connectivity index (χ1v) is 6.40. The van der Waals surface area contributed by atoms with Crippen LogP contribution in [0.25, 0.3) is 0 Å². The molecule has 0 heterocycles. The summed E-state index contributed by atoms with van der Waals surface area (Å²) >= 11 is 1.54. The predicted octanol–water partition coefficient (Wildman–Crippen LogP) is 2.54. The Balaban J connectivity index is 2.05. The topological polar surface area (TPSA) is 21.3 Å². The molecule has 0 radical (unpaired) electrons. The van der Waals surface area contributed by atoms with Crippen molar-refractivity contribution in [1.29, 1.82) is 0 Å². The van der Waals surface area contributed by atoms with Gasteiger partial charge in [0.05, 0.1) is 0 Å². The summed E-state index contributed by atoms with van der Waals surface area (Å²) in [6.45, 7) is 2.63. The summed E-state index contributed by atoms with van der Waals surface area (Å²) < 4.78 is 18.1. The van der Waals surface area contributed by atoms with Gasteiger partial charge in [-0.3, -0.25) is 0 Å². The van der Waals surface area contributed by atoms with Gasteiger partial charge in [0.25, 0.3) is 0 Å². The second-order valence-corrected chi connectivity index (χ2v) is 4.51. The molecule has 0 bridgehead atoms. The molecule has 1 aromatic carbocycles. The van der Waals surface area contributed by atoms with Crippen LogP contribution in [0.2, 0.25) is 0 Å². The van der Waals surface area contributed by atoms with Crippen molar-refractivity contribution in [1.82, 2.24) is 5.32 Å². The van der Waals surface area contributed by atoms with E-state index in [1.165, 1.54) is 6.07 Å². The number of hydrogen-bond donors (Lipinski definition) is 1. The molecule has 0 aliphatic rings. The molecular formula is C12H18FNOS. The van der Waals surface area contributed by atoms with E-state index >= 15 is 0 Å². The van der Waals surface area contributed by atoms with Crippen molar-refractivity contribution in [3.8, 4) is 0 Å². The first-order chi connectivity index (χ1) is 7.84. The third-order valence-electron chi connectivity index (χ3n) is 2.08. The number of hydrogen-bond acceptors (Lipinski definition) is 3. The second kappa shape index (κ2) is 8.56. The van der Waals surface area contributed by atoms with Gasteiger partial charge in [-0.25, -0.2) is 4.39 Å². The second-order valence-electron chi connectivity index (χ2n) is 3.38. The molecule has 90 valence electrons. The highest BCUT2D eigenvalue weighted by Gasteiger charge is 1.99. The molecule has 0 saturated heterocycles. The Morgan fingerprint density at radius 3 is 2.88 bits per heavy atom. The van der Waals surface area contributed by atoms with Gasteiger partial charge >= 0.3 is 0 Å². The van der Waals surface area contributed by atoms with Crippen molar-refractivity contribution in [2.75, 3.05) is 32.6 Å². The number of nitrogens with one attached hydrogen (secondary N) is 1. The zero-order chi connectivity index (χ0) is 11.6. The summed E-state index contributed by atoms with van der Waals surface area (Å²) in [6.07, 6.45) is 1.01. The zero-order valence-electron chi connectivity index (χ0n) is 9.54. The molecule has 0 unspecified atom stereocenters. The first-order valence-electron chi connectivity index (χ1n) is 5.41. The molecule has 0 spiro atoms. The fourth-order valence-corrected chi connectivity index (χ4v) is 2.11. The van der Waals surface area contributed by atoms with E-state index in [9.17, 15) is 4.39 Å². The number of benzene rings is 1. The highest BCUT2D eigenvalue weighted by atomic mass is 32.2. The van der Waals surface area contributed by atoms with Gasteiger partial charge in [0, 0.05) is 30.9 Å². The smallest absolute Gasteiger partial charge is 0.136 e. The van der Waals surface area contributed by atoms with Crippen LogP contribution in [0.3, 0.4) is 0 Å². The van der Waals surface area contributed by atoms with Gasteiger partial charge in [0.1, 0.15) is 5.82 Å². The van der Waals surface area contributed by atoms with Crippen LogP contribution in [0.15, 0.2) is 29.2 Å². The minimum Gasteiger partial charge on any atom is -0.385 e. The quantitative estimate of drug-likeness (QED) is 0.560. The van der Waals surface area contributed by atoms with Crippen molar-refractivity contribution in [3.05, 3.63) is 30.1 Å². The van der Waals surface area contributed by atoms with Gasteiger partial charge in [-0.1, -0.05) is 12.1 Å². The van der Waals surface area contributed by atoms with Crippen molar-refractivity contribution < 1.29 is 9.13 Å². The van der Waals surface area contributed by atoms with Gasteiger partial charge in [-0.15, -0.1) is 11.8 Å². The Kier molecular flexibility index (Phi) is 7.21. The van der Waals surface area contributed by atoms with E-state index in [4.69, 9.17) is 4.74 Å². The lowest BCUT2D eigenvalue weighted by Crippen LogP contribution is -2.19. The lowest BCUT2D eigenvalue weighted by Gasteiger charge is -2.05. The molecule has 0 saturated carbocycles. The third-order valence-corrected chi connectivity index (χ3v) is 3.13. The monoisotopic (exact) mass is 243 g/mol. The third kappa shape index (κ3) is 5.49. The van der Waals surface area contributed by atoms with Crippen molar-refractivity contribution >= 4 is 11.8 Å². The number of thioether (sulfide) groups is 1. The van der Waals surface area contributed by atoms with Crippen molar-refractivity contribution in [3.63, 3.8) is 0 Å². The van der Waals surface area contributed by atoms with Gasteiger partial charge < -0.3 is 10.1 Å². The molecule has 1 N–H and O–H groups in total. The Morgan fingerprint density at radius 2 is 2.12 bits per heavy atom. The molecule has 0 fully saturated rings. The molecule has 0 aliphatic heterocycles. The number of methoxy groups -OCH3 is 1. The molecule has 2 nitrogen and oxygen atoms in total. The average Bonchev–Trinajstić information content (AvgIpc) is 2.30. The molecule has 0 amide bonds. The van der Waals surface area contributed by atoms with Crippen LogP contribution in [0.1, 0.15) is 6.42 Å². The highest BCUT2D eigenvalue weighted by molar-refractivity contribution is 7.99. The summed E-state index contributed by atoms with van der Waals surface area (Å²) in [5, 5.41) is 3.29. The Hall–Kier alpha value is -0.580. The van der Waals surface area contributed by atoms with Gasteiger partial charge in [0.2, 0.25) is 0 Å². The highest BCUT2D eigenvalue weighted by Crippen LogP contribution is 2.20. The lowest BCUT2D eigenvalue weighted by molar-refractivity contribution is 0.194. The SMILES string of the molecule is COCCCNCCSc1ccccc1F. The van der Waals surface area contributed by atoms with E-state index in [2.05, 4.69) is 5.32 Å². The summed E-state index contributed by atoms with van der Waals surface area (Å²) in [6, 6.07) is 6.87. The fraction of sp³-hybridized carbons (Fsp3) is 0.500. The average molecular weight is 243 g/mol. The Morgan fingerprint density at radius 1 is 1.31 bits per heavy atom. The molecule has 0 aromatic heterocycles. The lowest BCUT2D eigenvalue weighted by atomic mass is 10.3. The standard InChI is InChI=1S/C12H18FNOS/c1-15-9-4-7-14-8-10-16-12-6-3-2-5-11(12)13/h2-3,5-6,14H,4,7-10H2,1H3. The number of rotatable bonds is 8. The molecule has 16 heavy (non-hydrogen) atoms. The van der Waals surface area contributed by atoms with Gasteiger partial charge in [0.15, 0.2) is 0 Å². The van der Waals surface area contributed by atoms with Crippen LogP contribution in [-0.4, -0.2) is 32.6 Å². The van der Waals surface area contributed by atoms with E-state index < -0.39 is 0 Å². The van der Waals surface area contributed by atoms with Crippen LogP contribution in [0.5, 0.6) is 0 Å². The largest absolute Gasteiger partial charge is 0.385 e. The van der Waals surface area contributed by atoms with E-state index in [1.54, 1.807) is 24.9 Å². The first kappa shape index (κ1) is 13.5. The number of ether oxygens (including phenoxy) is 1. The fourth-order valence-electron chi connectivity index (χ4n) is 1.26. The maximum Gasteiger partial charge on any atom is 0.136 e. The summed E-state index contributed by atoms with van der Waals surface area (Å²) in [5.41, 5.74) is 0. The molecular weight excluding hydrogens is 225 g/mol. The molecule has 0 atom stereocenters. The minimum atomic E-state index is -0.133. The predicted molar refractivity (Wildman–Crippen MR) is 66.5 cm³/mol. The molecule has 1 rings (SSSR count). The molecule has 0 aliphatic carbocycles. The maximum atomic E-state index is 13.2. The van der Waals surface area contributed by atoms with Crippen molar-refractivity contribution in [2.24, 2.45) is 0 Å². The molecule has 4 heteroatoms. The minimum absolute atomic E-state index is 0.133. The van der Waals surface area contributed by atoms with E-state index in [1.807, 2.05) is 12.1 Å². The van der Waals surface area contributed by atoms with E-state index in [0.29, 0.717) is 0 Å². The number of halogens is 1. The maximum absolute atomic E-state index is 13.2. The normalized spacial score (nSPS) is 10.6. The van der Waals surface area contributed by atoms with Crippen LogP contribution in [0.4, 0.5) is 4.39 Å². The summed E-state index contributed by atoms with van der Waals surface area (Å²) in [5.74, 6) is 0.750. The van der Waals surface area contributed by atoms with Crippen LogP contribution in [0, 0.1) is 5.82 Å². The van der Waals surface area contributed by atoms with E-state index in [-0.39, 0.29) is 5.82 Å². The summed E-state index contributed by atoms with van der Waals surface area (Å²) in [4.78, 5) is 0.723. The van der Waals surface area contributed by atoms with Gasteiger partial charge in [-0.05, 0) is 25.1 Å². The van der Waals surface area contributed by atoms with Crippen LogP contribution >= 0.6 is 11.8 Å². The zero-order valence-corrected chi connectivity index (χ0v) is 10.4. The summed E-state index contributed by atoms with van der Waals surface area (Å²) in [7, 11) is 1.70. The molecule has 1 aromatic rings. The Bertz CT molecular complexity index is 296. The van der Waals surface area contributed by atoms with E-state index in [0.717, 1.165) is 36.8 Å². The van der Waals surface area contributed by atoms with Gasteiger partial charge in [-0.2, -0.15) is 0 Å². The Labute approximate surface area is 101 Å². The van der Waals surface area contributed by atoms with Crippen LogP contribution in [-0.2, 0) is 4.74 Å². The van der Waals surface area contributed by atoms with Crippen LogP contribution < -0.4 is 5.32 Å². The van der Waals surface area contributed by atoms with Crippen molar-refractivity contribution in [2.45, 2.75) is 11.3 Å².